The molecule has 1 aliphatic heterocycles. The molecule has 0 aliphatic carbocycles. The molecule has 17 heavy (non-hydrogen) atoms. The van der Waals surface area contributed by atoms with E-state index >= 15 is 0 Å². The molecule has 1 aliphatic rings. The third-order valence-electron chi connectivity index (χ3n) is 3.33. The minimum absolute atomic E-state index is 0.201. The van der Waals surface area contributed by atoms with Gasteiger partial charge in [0.2, 0.25) is 5.91 Å². The lowest BCUT2D eigenvalue weighted by molar-refractivity contribution is -0.134. The van der Waals surface area contributed by atoms with Crippen molar-refractivity contribution in [1.29, 1.82) is 0 Å². The van der Waals surface area contributed by atoms with Crippen molar-refractivity contribution in [3.8, 4) is 0 Å². The molecule has 0 aromatic heterocycles. The van der Waals surface area contributed by atoms with Crippen LogP contribution in [-0.2, 0) is 11.3 Å². The molecule has 1 saturated heterocycles. The Morgan fingerprint density at radius 3 is 2.53 bits per heavy atom. The highest BCUT2D eigenvalue weighted by molar-refractivity contribution is 9.11. The SMILES string of the molecule is CC1(C)C(=O)N(Cc2ccccc2)C/C1=C\Br. The number of hydrogen-bond donors (Lipinski definition) is 0. The van der Waals surface area contributed by atoms with E-state index in [0.29, 0.717) is 13.1 Å². The van der Waals surface area contributed by atoms with Crippen LogP contribution in [0.4, 0.5) is 0 Å². The van der Waals surface area contributed by atoms with E-state index < -0.39 is 0 Å². The second-order valence-corrected chi connectivity index (χ2v) is 5.36. The van der Waals surface area contributed by atoms with Crippen molar-refractivity contribution in [3.63, 3.8) is 0 Å². The summed E-state index contributed by atoms with van der Waals surface area (Å²) in [6, 6.07) is 10.1. The van der Waals surface area contributed by atoms with Gasteiger partial charge in [0, 0.05) is 13.1 Å². The first-order valence-electron chi connectivity index (χ1n) is 5.68. The van der Waals surface area contributed by atoms with Crippen molar-refractivity contribution in [3.05, 3.63) is 46.5 Å². The second kappa shape index (κ2) is 4.65. The van der Waals surface area contributed by atoms with Gasteiger partial charge in [-0.1, -0.05) is 46.3 Å². The topological polar surface area (TPSA) is 20.3 Å². The highest BCUT2D eigenvalue weighted by atomic mass is 79.9. The van der Waals surface area contributed by atoms with E-state index in [2.05, 4.69) is 28.1 Å². The van der Waals surface area contributed by atoms with E-state index in [4.69, 9.17) is 0 Å². The third-order valence-corrected chi connectivity index (χ3v) is 3.89. The highest BCUT2D eigenvalue weighted by Gasteiger charge is 2.42. The van der Waals surface area contributed by atoms with Gasteiger partial charge in [0.15, 0.2) is 0 Å². The smallest absolute Gasteiger partial charge is 0.233 e. The van der Waals surface area contributed by atoms with Gasteiger partial charge in [0.05, 0.1) is 5.41 Å². The maximum absolute atomic E-state index is 12.3. The summed E-state index contributed by atoms with van der Waals surface area (Å²) in [7, 11) is 0. The van der Waals surface area contributed by atoms with Gasteiger partial charge in [-0.25, -0.2) is 0 Å². The lowest BCUT2D eigenvalue weighted by Crippen LogP contribution is -2.30. The molecule has 0 atom stereocenters. The Kier molecular flexibility index (Phi) is 3.38. The molecule has 1 aromatic rings. The summed E-state index contributed by atoms with van der Waals surface area (Å²) >= 11 is 3.35. The van der Waals surface area contributed by atoms with Crippen LogP contribution < -0.4 is 0 Å². The second-order valence-electron chi connectivity index (χ2n) is 4.91. The third kappa shape index (κ3) is 2.29. The number of likely N-dealkylation sites (tertiary alicyclic amines) is 1. The molecule has 0 unspecified atom stereocenters. The zero-order chi connectivity index (χ0) is 12.5. The average Bonchev–Trinajstić information content (AvgIpc) is 2.54. The zero-order valence-electron chi connectivity index (χ0n) is 10.1. The predicted octanol–water partition coefficient (Wildman–Crippen LogP) is 3.33. The fourth-order valence-electron chi connectivity index (χ4n) is 2.11. The van der Waals surface area contributed by atoms with Gasteiger partial charge in [0.25, 0.3) is 0 Å². The molecular formula is C14H16BrNO. The van der Waals surface area contributed by atoms with Crippen LogP contribution >= 0.6 is 15.9 Å². The molecule has 1 heterocycles. The van der Waals surface area contributed by atoms with Gasteiger partial charge in [0.1, 0.15) is 0 Å². The van der Waals surface area contributed by atoms with Gasteiger partial charge in [-0.3, -0.25) is 4.79 Å². The summed E-state index contributed by atoms with van der Waals surface area (Å²) in [5.41, 5.74) is 1.93. The number of carbonyl (C=O) groups is 1. The number of benzene rings is 1. The first kappa shape index (κ1) is 12.4. The average molecular weight is 294 g/mol. The lowest BCUT2D eigenvalue weighted by Gasteiger charge is -2.19. The Hall–Kier alpha value is -1.09. The molecule has 1 aromatic carbocycles. The lowest BCUT2D eigenvalue weighted by atomic mass is 9.88. The number of hydrogen-bond acceptors (Lipinski definition) is 1. The van der Waals surface area contributed by atoms with Gasteiger partial charge < -0.3 is 4.90 Å². The summed E-state index contributed by atoms with van der Waals surface area (Å²) in [6.07, 6.45) is 0. The molecule has 2 rings (SSSR count). The van der Waals surface area contributed by atoms with E-state index in [-0.39, 0.29) is 11.3 Å². The van der Waals surface area contributed by atoms with E-state index in [1.54, 1.807) is 0 Å². The Morgan fingerprint density at radius 2 is 2.00 bits per heavy atom. The molecule has 0 bridgehead atoms. The van der Waals surface area contributed by atoms with Gasteiger partial charge >= 0.3 is 0 Å². The van der Waals surface area contributed by atoms with Crippen LogP contribution in [0.2, 0.25) is 0 Å². The van der Waals surface area contributed by atoms with E-state index in [0.717, 1.165) is 5.57 Å². The van der Waals surface area contributed by atoms with Gasteiger partial charge in [-0.15, -0.1) is 0 Å². The molecule has 3 heteroatoms. The minimum atomic E-state index is -0.377. The van der Waals surface area contributed by atoms with E-state index in [1.807, 2.05) is 41.9 Å². The number of carbonyl (C=O) groups excluding carboxylic acids is 1. The summed E-state index contributed by atoms with van der Waals surface area (Å²) in [4.78, 5) is 16.1. The summed E-state index contributed by atoms with van der Waals surface area (Å²) in [6.45, 7) is 5.36. The standard InChI is InChI=1S/C14H16BrNO/c1-14(2)12(8-15)10-16(13(14)17)9-11-6-4-3-5-7-11/h3-8H,9-10H2,1-2H3/b12-8+. The van der Waals surface area contributed by atoms with Crippen molar-refractivity contribution in [2.45, 2.75) is 20.4 Å². The summed E-state index contributed by atoms with van der Waals surface area (Å²) in [5.74, 6) is 0.201. The Labute approximate surface area is 110 Å². The van der Waals surface area contributed by atoms with Crippen LogP contribution in [0.1, 0.15) is 19.4 Å². The van der Waals surface area contributed by atoms with Crippen molar-refractivity contribution >= 4 is 21.8 Å². The van der Waals surface area contributed by atoms with Crippen LogP contribution in [0.15, 0.2) is 40.9 Å². The van der Waals surface area contributed by atoms with Crippen LogP contribution in [-0.4, -0.2) is 17.4 Å². The molecular weight excluding hydrogens is 278 g/mol. The monoisotopic (exact) mass is 293 g/mol. The zero-order valence-corrected chi connectivity index (χ0v) is 11.7. The maximum Gasteiger partial charge on any atom is 0.233 e. The number of nitrogens with zero attached hydrogens (tertiary/aromatic N) is 1. The van der Waals surface area contributed by atoms with Crippen molar-refractivity contribution in [2.24, 2.45) is 5.41 Å². The molecule has 0 spiro atoms. The molecule has 90 valence electrons. The van der Waals surface area contributed by atoms with Crippen LogP contribution in [0.3, 0.4) is 0 Å². The van der Waals surface area contributed by atoms with Crippen LogP contribution in [0.25, 0.3) is 0 Å². The Morgan fingerprint density at radius 1 is 1.35 bits per heavy atom. The minimum Gasteiger partial charge on any atom is -0.334 e. The van der Waals surface area contributed by atoms with Crippen LogP contribution in [0, 0.1) is 5.41 Å². The molecule has 0 radical (unpaired) electrons. The number of halogens is 1. The Bertz CT molecular complexity index is 451. The van der Waals surface area contributed by atoms with Gasteiger partial charge in [-0.2, -0.15) is 0 Å². The fraction of sp³-hybridized carbons (Fsp3) is 0.357. The quantitative estimate of drug-likeness (QED) is 0.819. The van der Waals surface area contributed by atoms with Crippen molar-refractivity contribution in [1.82, 2.24) is 4.90 Å². The fourth-order valence-corrected chi connectivity index (χ4v) is 2.83. The first-order chi connectivity index (χ1) is 8.05. The molecule has 0 N–H and O–H groups in total. The van der Waals surface area contributed by atoms with Crippen molar-refractivity contribution in [2.75, 3.05) is 6.54 Å². The molecule has 2 nitrogen and oxygen atoms in total. The summed E-state index contributed by atoms with van der Waals surface area (Å²) < 4.78 is 0. The largest absolute Gasteiger partial charge is 0.334 e. The normalized spacial score (nSPS) is 21.2. The van der Waals surface area contributed by atoms with E-state index in [1.165, 1.54) is 5.56 Å². The van der Waals surface area contributed by atoms with Crippen molar-refractivity contribution < 1.29 is 4.79 Å². The first-order valence-corrected chi connectivity index (χ1v) is 6.60. The van der Waals surface area contributed by atoms with Crippen LogP contribution in [0.5, 0.6) is 0 Å². The molecule has 1 amide bonds. The molecule has 1 fully saturated rings. The maximum atomic E-state index is 12.3. The number of rotatable bonds is 2. The molecule has 0 saturated carbocycles. The Balaban J connectivity index is 2.18. The van der Waals surface area contributed by atoms with Gasteiger partial charge in [-0.05, 0) is 30.0 Å². The van der Waals surface area contributed by atoms with E-state index in [9.17, 15) is 4.79 Å². The summed E-state index contributed by atoms with van der Waals surface area (Å²) in [5, 5.41) is 0. The number of amides is 1. The highest BCUT2D eigenvalue weighted by Crippen LogP contribution is 2.37. The predicted molar refractivity (Wildman–Crippen MR) is 72.7 cm³/mol.